The molecular formula is C20H19ClN2O. The summed E-state index contributed by atoms with van der Waals surface area (Å²) in [5, 5.41) is 6.46. The van der Waals surface area contributed by atoms with E-state index in [1.54, 1.807) is 6.20 Å². The maximum Gasteiger partial charge on any atom is 0.129 e. The topological polar surface area (TPSA) is 34.1 Å². The van der Waals surface area contributed by atoms with Gasteiger partial charge in [0, 0.05) is 30.4 Å². The average molecular weight is 339 g/mol. The van der Waals surface area contributed by atoms with Crippen LogP contribution in [-0.2, 0) is 0 Å². The maximum atomic E-state index is 6.41. The Labute approximate surface area is 146 Å². The predicted octanol–water partition coefficient (Wildman–Crippen LogP) is 4.62. The molecule has 4 rings (SSSR count). The molecule has 1 fully saturated rings. The van der Waals surface area contributed by atoms with Gasteiger partial charge in [0.15, 0.2) is 0 Å². The summed E-state index contributed by atoms with van der Waals surface area (Å²) in [6.07, 6.45) is 4.55. The number of hydrogen-bond acceptors (Lipinski definition) is 3. The number of rotatable bonds is 4. The van der Waals surface area contributed by atoms with Crippen LogP contribution in [0.2, 0.25) is 5.02 Å². The largest absolute Gasteiger partial charge is 0.485 e. The van der Waals surface area contributed by atoms with Crippen LogP contribution in [0.3, 0.4) is 0 Å². The van der Waals surface area contributed by atoms with E-state index in [1.807, 2.05) is 30.5 Å². The van der Waals surface area contributed by atoms with E-state index in [9.17, 15) is 0 Å². The number of aromatic nitrogens is 1. The smallest absolute Gasteiger partial charge is 0.129 e. The third kappa shape index (κ3) is 3.23. The molecule has 1 aliphatic rings. The van der Waals surface area contributed by atoms with Gasteiger partial charge in [0.25, 0.3) is 0 Å². The molecule has 3 nitrogen and oxygen atoms in total. The van der Waals surface area contributed by atoms with Crippen LogP contribution in [0.1, 0.15) is 18.1 Å². The molecule has 0 unspecified atom stereocenters. The number of ether oxygens (including phenoxy) is 1. The molecule has 0 spiro atoms. The van der Waals surface area contributed by atoms with Crippen LogP contribution in [0.5, 0.6) is 5.75 Å². The van der Waals surface area contributed by atoms with Crippen molar-refractivity contribution >= 4 is 22.4 Å². The van der Waals surface area contributed by atoms with Crippen molar-refractivity contribution in [2.75, 3.05) is 13.1 Å². The van der Waals surface area contributed by atoms with Crippen LogP contribution in [0.15, 0.2) is 60.9 Å². The quantitative estimate of drug-likeness (QED) is 0.753. The van der Waals surface area contributed by atoms with Crippen LogP contribution in [0.25, 0.3) is 10.8 Å². The third-order valence-corrected chi connectivity index (χ3v) is 4.77. The van der Waals surface area contributed by atoms with E-state index >= 15 is 0 Å². The third-order valence-electron chi connectivity index (χ3n) is 4.57. The molecule has 0 bridgehead atoms. The van der Waals surface area contributed by atoms with E-state index in [1.165, 1.54) is 10.8 Å². The second-order valence-corrected chi connectivity index (χ2v) is 6.67. The Balaban J connectivity index is 1.67. The molecular weight excluding hydrogens is 320 g/mol. The van der Waals surface area contributed by atoms with Gasteiger partial charge in [-0.25, -0.2) is 0 Å². The Morgan fingerprint density at radius 1 is 1.08 bits per heavy atom. The molecule has 122 valence electrons. The van der Waals surface area contributed by atoms with E-state index in [-0.39, 0.29) is 6.10 Å². The second-order valence-electron chi connectivity index (χ2n) is 6.24. The number of nitrogens with one attached hydrogen (secondary N) is 1. The van der Waals surface area contributed by atoms with Gasteiger partial charge in [0.1, 0.15) is 11.9 Å². The normalized spacial score (nSPS) is 18.6. The van der Waals surface area contributed by atoms with Gasteiger partial charge >= 0.3 is 0 Å². The predicted molar refractivity (Wildman–Crippen MR) is 97.5 cm³/mol. The van der Waals surface area contributed by atoms with Gasteiger partial charge in [0.05, 0.1) is 5.02 Å². The highest BCUT2D eigenvalue weighted by molar-refractivity contribution is 6.30. The van der Waals surface area contributed by atoms with Crippen molar-refractivity contribution in [2.45, 2.75) is 12.5 Å². The minimum atomic E-state index is -0.0487. The molecule has 0 saturated carbocycles. The monoisotopic (exact) mass is 338 g/mol. The zero-order valence-corrected chi connectivity index (χ0v) is 14.0. The lowest BCUT2D eigenvalue weighted by molar-refractivity contribution is 0.144. The van der Waals surface area contributed by atoms with E-state index in [0.717, 1.165) is 30.8 Å². The highest BCUT2D eigenvalue weighted by Gasteiger charge is 2.28. The molecule has 1 saturated heterocycles. The Hall–Kier alpha value is -2.10. The number of hydrogen-bond donors (Lipinski definition) is 1. The van der Waals surface area contributed by atoms with Crippen molar-refractivity contribution < 1.29 is 4.74 Å². The fourth-order valence-electron chi connectivity index (χ4n) is 3.34. The highest BCUT2D eigenvalue weighted by atomic mass is 35.5. The first-order valence-corrected chi connectivity index (χ1v) is 8.64. The summed E-state index contributed by atoms with van der Waals surface area (Å²) in [4.78, 5) is 4.24. The Morgan fingerprint density at radius 2 is 1.96 bits per heavy atom. The summed E-state index contributed by atoms with van der Waals surface area (Å²) in [6, 6.07) is 16.5. The van der Waals surface area contributed by atoms with Crippen molar-refractivity contribution in [3.05, 3.63) is 71.5 Å². The number of halogens is 1. The van der Waals surface area contributed by atoms with Crippen LogP contribution >= 0.6 is 11.6 Å². The van der Waals surface area contributed by atoms with Crippen LogP contribution < -0.4 is 10.1 Å². The lowest BCUT2D eigenvalue weighted by Gasteiger charge is -2.25. The number of fused-ring (bicyclic) bond motifs is 1. The summed E-state index contributed by atoms with van der Waals surface area (Å²) in [5.41, 5.74) is 1.03. The van der Waals surface area contributed by atoms with Crippen molar-refractivity contribution in [3.63, 3.8) is 0 Å². The summed E-state index contributed by atoms with van der Waals surface area (Å²) in [5.74, 6) is 1.29. The van der Waals surface area contributed by atoms with E-state index in [2.05, 4.69) is 34.6 Å². The summed E-state index contributed by atoms with van der Waals surface area (Å²) in [6.45, 7) is 1.97. The maximum absolute atomic E-state index is 6.41. The Bertz CT molecular complexity index is 846. The highest BCUT2D eigenvalue weighted by Crippen LogP contribution is 2.33. The summed E-state index contributed by atoms with van der Waals surface area (Å²) in [7, 11) is 0. The molecule has 4 heteroatoms. The average Bonchev–Trinajstić information content (AvgIpc) is 3.14. The van der Waals surface area contributed by atoms with Gasteiger partial charge in [0.2, 0.25) is 0 Å². The fraction of sp³-hybridized carbons (Fsp3) is 0.250. The second kappa shape index (κ2) is 6.80. The first-order valence-electron chi connectivity index (χ1n) is 8.26. The van der Waals surface area contributed by atoms with E-state index < -0.39 is 0 Å². The zero-order valence-electron chi connectivity index (χ0n) is 13.3. The first kappa shape index (κ1) is 15.4. The molecule has 2 aromatic carbocycles. The molecule has 0 amide bonds. The molecule has 2 atom stereocenters. The zero-order chi connectivity index (χ0) is 16.4. The van der Waals surface area contributed by atoms with Gasteiger partial charge in [-0.15, -0.1) is 0 Å². The van der Waals surface area contributed by atoms with Crippen LogP contribution in [-0.4, -0.2) is 18.1 Å². The van der Waals surface area contributed by atoms with Crippen molar-refractivity contribution in [3.8, 4) is 5.75 Å². The van der Waals surface area contributed by atoms with Gasteiger partial charge in [-0.1, -0.05) is 41.9 Å². The fourth-order valence-corrected chi connectivity index (χ4v) is 3.53. The van der Waals surface area contributed by atoms with Crippen LogP contribution in [0.4, 0.5) is 0 Å². The van der Waals surface area contributed by atoms with Gasteiger partial charge in [-0.3, -0.25) is 4.98 Å². The molecule has 2 heterocycles. The minimum absolute atomic E-state index is 0.0487. The van der Waals surface area contributed by atoms with E-state index in [0.29, 0.717) is 10.9 Å². The van der Waals surface area contributed by atoms with Crippen molar-refractivity contribution in [1.29, 1.82) is 0 Å². The van der Waals surface area contributed by atoms with Gasteiger partial charge < -0.3 is 10.1 Å². The molecule has 1 aliphatic heterocycles. The standard InChI is InChI=1S/C20H19ClN2O/c21-18-9-17(12-23-13-18)20(16-7-8-22-11-16)24-19-6-5-14-3-1-2-4-15(14)10-19/h1-6,9-10,12-13,16,20,22H,7-8,11H2/t16-,20+/m1/s1. The SMILES string of the molecule is Clc1cncc([C@@H](Oc2ccc3ccccc3c2)[C@@H]2CCNC2)c1. The molecule has 0 aliphatic carbocycles. The number of benzene rings is 2. The van der Waals surface area contributed by atoms with Gasteiger partial charge in [-0.2, -0.15) is 0 Å². The Kier molecular flexibility index (Phi) is 4.37. The van der Waals surface area contributed by atoms with Gasteiger partial charge in [-0.05, 0) is 41.9 Å². The Morgan fingerprint density at radius 3 is 2.75 bits per heavy atom. The first-order chi connectivity index (χ1) is 11.8. The molecule has 3 aromatic rings. The molecule has 24 heavy (non-hydrogen) atoms. The van der Waals surface area contributed by atoms with Crippen molar-refractivity contribution in [2.24, 2.45) is 5.92 Å². The minimum Gasteiger partial charge on any atom is -0.485 e. The number of nitrogens with zero attached hydrogens (tertiary/aromatic N) is 1. The molecule has 0 radical (unpaired) electrons. The van der Waals surface area contributed by atoms with Crippen LogP contribution in [0, 0.1) is 5.92 Å². The summed E-state index contributed by atoms with van der Waals surface area (Å²) < 4.78 is 6.41. The number of pyridine rings is 1. The summed E-state index contributed by atoms with van der Waals surface area (Å²) >= 11 is 6.14. The molecule has 1 aromatic heterocycles. The lowest BCUT2D eigenvalue weighted by Crippen LogP contribution is -2.21. The lowest BCUT2D eigenvalue weighted by atomic mass is 9.96. The molecule has 1 N–H and O–H groups in total. The van der Waals surface area contributed by atoms with E-state index in [4.69, 9.17) is 16.3 Å². The van der Waals surface area contributed by atoms with Crippen molar-refractivity contribution in [1.82, 2.24) is 10.3 Å².